The summed E-state index contributed by atoms with van der Waals surface area (Å²) in [6.45, 7) is 1.37. The average Bonchev–Trinajstić information content (AvgIpc) is 3.40. The van der Waals surface area contributed by atoms with Crippen LogP contribution >= 0.6 is 0 Å². The fourth-order valence-electron chi connectivity index (χ4n) is 4.17. The number of nitrogens with one attached hydrogen (secondary N) is 1. The van der Waals surface area contributed by atoms with E-state index in [4.69, 9.17) is 18.6 Å². The first kappa shape index (κ1) is 33.8. The summed E-state index contributed by atoms with van der Waals surface area (Å²) < 4.78 is 100. The van der Waals surface area contributed by atoms with Gasteiger partial charge in [0.2, 0.25) is 5.89 Å². The fourth-order valence-corrected chi connectivity index (χ4v) is 4.17. The van der Waals surface area contributed by atoms with Gasteiger partial charge in [0.05, 0.1) is 37.6 Å². The maximum Gasteiger partial charge on any atom is 0.416 e. The van der Waals surface area contributed by atoms with Crippen LogP contribution in [0.3, 0.4) is 0 Å². The molecule has 1 aromatic heterocycles. The van der Waals surface area contributed by atoms with E-state index in [-0.39, 0.29) is 51.1 Å². The molecule has 242 valence electrons. The maximum absolute atomic E-state index is 13.0. The Bertz CT molecular complexity index is 1520. The standard InChI is InChI=1S/C32H33F6N3O4/c1-41(2)26-6-3-22(4-7-26)5-10-30-40-28-9-8-27(20-29(28)45-30)44-16-15-43-14-13-42-12-11-39-21-23-17-24(31(33,34)35)19-25(18-23)32(36,37)38/h3-10,17-20,39H,11-16,21H2,1-2H3/b10-5+. The van der Waals surface area contributed by atoms with Crippen LogP contribution in [0.1, 0.15) is 28.1 Å². The lowest BCUT2D eigenvalue weighted by Crippen LogP contribution is -2.21. The molecule has 0 saturated carbocycles. The molecule has 1 N–H and O–H groups in total. The van der Waals surface area contributed by atoms with E-state index in [1.807, 2.05) is 55.4 Å². The Hall–Kier alpha value is -4.07. The summed E-state index contributed by atoms with van der Waals surface area (Å²) in [7, 11) is 3.97. The van der Waals surface area contributed by atoms with E-state index in [2.05, 4.69) is 10.3 Å². The zero-order valence-corrected chi connectivity index (χ0v) is 24.7. The summed E-state index contributed by atoms with van der Waals surface area (Å²) in [4.78, 5) is 6.50. The fraction of sp³-hybridized carbons (Fsp3) is 0.344. The topological polar surface area (TPSA) is 69.0 Å². The first-order valence-electron chi connectivity index (χ1n) is 14.0. The lowest BCUT2D eigenvalue weighted by atomic mass is 10.0. The van der Waals surface area contributed by atoms with E-state index in [1.165, 1.54) is 0 Å². The van der Waals surface area contributed by atoms with Gasteiger partial charge >= 0.3 is 12.4 Å². The van der Waals surface area contributed by atoms with Crippen molar-refractivity contribution in [1.82, 2.24) is 10.3 Å². The third-order valence-electron chi connectivity index (χ3n) is 6.47. The van der Waals surface area contributed by atoms with Crippen LogP contribution in [0.2, 0.25) is 0 Å². The molecule has 1 heterocycles. The molecule has 13 heteroatoms. The van der Waals surface area contributed by atoms with E-state index in [0.29, 0.717) is 41.5 Å². The van der Waals surface area contributed by atoms with Gasteiger partial charge in [0.25, 0.3) is 0 Å². The van der Waals surface area contributed by atoms with Crippen molar-refractivity contribution in [3.63, 3.8) is 0 Å². The molecule has 0 radical (unpaired) electrons. The molecule has 0 bridgehead atoms. The summed E-state index contributed by atoms with van der Waals surface area (Å²) in [5.74, 6) is 1.08. The van der Waals surface area contributed by atoms with Crippen molar-refractivity contribution in [2.75, 3.05) is 58.6 Å². The van der Waals surface area contributed by atoms with Gasteiger partial charge in [-0.3, -0.25) is 0 Å². The molecule has 0 unspecified atom stereocenters. The van der Waals surface area contributed by atoms with Gasteiger partial charge in [0.15, 0.2) is 5.58 Å². The number of aromatic nitrogens is 1. The van der Waals surface area contributed by atoms with Gasteiger partial charge in [0, 0.05) is 45.0 Å². The highest BCUT2D eigenvalue weighted by Crippen LogP contribution is 2.36. The summed E-state index contributed by atoms with van der Waals surface area (Å²) >= 11 is 0. The lowest BCUT2D eigenvalue weighted by Gasteiger charge is -2.14. The van der Waals surface area contributed by atoms with E-state index < -0.39 is 23.5 Å². The van der Waals surface area contributed by atoms with Crippen LogP contribution in [0, 0.1) is 0 Å². The molecule has 0 aliphatic rings. The summed E-state index contributed by atoms with van der Waals surface area (Å²) in [6.07, 6.45) is -6.02. The Kier molecular flexibility index (Phi) is 11.5. The van der Waals surface area contributed by atoms with Crippen molar-refractivity contribution >= 4 is 28.9 Å². The minimum atomic E-state index is -4.88. The minimum Gasteiger partial charge on any atom is -0.491 e. The van der Waals surface area contributed by atoms with Gasteiger partial charge in [-0.25, -0.2) is 4.98 Å². The second-order valence-electron chi connectivity index (χ2n) is 10.2. The Morgan fingerprint density at radius 3 is 2.07 bits per heavy atom. The first-order chi connectivity index (χ1) is 21.4. The smallest absolute Gasteiger partial charge is 0.416 e. The molecule has 0 aliphatic carbocycles. The minimum absolute atomic E-state index is 0.106. The molecule has 0 amide bonds. The Labute approximate surface area is 256 Å². The number of nitrogens with zero attached hydrogens (tertiary/aromatic N) is 2. The van der Waals surface area contributed by atoms with E-state index in [1.54, 1.807) is 18.2 Å². The average molecular weight is 638 g/mol. The van der Waals surface area contributed by atoms with Gasteiger partial charge in [0.1, 0.15) is 17.9 Å². The van der Waals surface area contributed by atoms with E-state index >= 15 is 0 Å². The summed E-state index contributed by atoms with van der Waals surface area (Å²) in [6, 6.07) is 14.9. The van der Waals surface area contributed by atoms with Crippen LogP contribution in [0.4, 0.5) is 32.0 Å². The van der Waals surface area contributed by atoms with Crippen molar-refractivity contribution in [2.45, 2.75) is 18.9 Å². The zero-order valence-electron chi connectivity index (χ0n) is 24.7. The van der Waals surface area contributed by atoms with Crippen molar-refractivity contribution < 1.29 is 45.0 Å². The highest BCUT2D eigenvalue weighted by atomic mass is 19.4. The van der Waals surface area contributed by atoms with Gasteiger partial charge in [-0.2, -0.15) is 26.3 Å². The molecular formula is C32H33F6N3O4. The normalized spacial score (nSPS) is 12.4. The molecule has 0 saturated heterocycles. The largest absolute Gasteiger partial charge is 0.491 e. The predicted molar refractivity (Wildman–Crippen MR) is 159 cm³/mol. The van der Waals surface area contributed by atoms with Crippen LogP contribution in [0.25, 0.3) is 23.3 Å². The number of rotatable bonds is 15. The highest BCUT2D eigenvalue weighted by molar-refractivity contribution is 5.77. The maximum atomic E-state index is 13.0. The molecule has 0 spiro atoms. The molecule has 0 atom stereocenters. The molecule has 7 nitrogen and oxygen atoms in total. The van der Waals surface area contributed by atoms with Gasteiger partial charge in [-0.1, -0.05) is 12.1 Å². The van der Waals surface area contributed by atoms with Crippen LogP contribution in [0.15, 0.2) is 65.1 Å². The first-order valence-corrected chi connectivity index (χ1v) is 14.0. The van der Waals surface area contributed by atoms with Crippen molar-refractivity contribution in [3.05, 3.63) is 88.8 Å². The van der Waals surface area contributed by atoms with Crippen LogP contribution in [-0.2, 0) is 28.4 Å². The number of benzene rings is 3. The number of alkyl halides is 6. The molecule has 4 aromatic rings. The second kappa shape index (κ2) is 15.3. The van der Waals surface area contributed by atoms with E-state index in [9.17, 15) is 26.3 Å². The number of oxazole rings is 1. The van der Waals surface area contributed by atoms with Gasteiger partial charge in [-0.15, -0.1) is 0 Å². The monoisotopic (exact) mass is 637 g/mol. The highest BCUT2D eigenvalue weighted by Gasteiger charge is 2.36. The number of ether oxygens (including phenoxy) is 3. The number of hydrogen-bond acceptors (Lipinski definition) is 7. The lowest BCUT2D eigenvalue weighted by molar-refractivity contribution is -0.143. The quantitative estimate of drug-likeness (QED) is 0.108. The molecule has 45 heavy (non-hydrogen) atoms. The van der Waals surface area contributed by atoms with Crippen LogP contribution in [0.5, 0.6) is 5.75 Å². The molecule has 0 aliphatic heterocycles. The summed E-state index contributed by atoms with van der Waals surface area (Å²) in [5, 5.41) is 2.78. The Morgan fingerprint density at radius 2 is 1.42 bits per heavy atom. The third kappa shape index (κ3) is 10.5. The van der Waals surface area contributed by atoms with Gasteiger partial charge in [-0.05, 0) is 59.7 Å². The Balaban J connectivity index is 1.10. The Morgan fingerprint density at radius 1 is 0.778 bits per heavy atom. The van der Waals surface area contributed by atoms with E-state index in [0.717, 1.165) is 11.3 Å². The van der Waals surface area contributed by atoms with Crippen molar-refractivity contribution in [1.29, 1.82) is 0 Å². The number of anilines is 1. The third-order valence-corrected chi connectivity index (χ3v) is 6.47. The zero-order chi connectivity index (χ0) is 32.5. The number of hydrogen-bond donors (Lipinski definition) is 1. The predicted octanol–water partition coefficient (Wildman–Crippen LogP) is 7.30. The molecular weight excluding hydrogens is 604 g/mol. The molecule has 0 fully saturated rings. The molecule has 3 aromatic carbocycles. The van der Waals surface area contributed by atoms with Crippen molar-refractivity contribution in [3.8, 4) is 5.75 Å². The van der Waals surface area contributed by atoms with Gasteiger partial charge < -0.3 is 28.8 Å². The summed E-state index contributed by atoms with van der Waals surface area (Å²) in [5.41, 5.74) is 0.617. The van der Waals surface area contributed by atoms with Crippen LogP contribution < -0.4 is 15.0 Å². The van der Waals surface area contributed by atoms with Crippen LogP contribution in [-0.4, -0.2) is 58.7 Å². The SMILES string of the molecule is CN(C)c1ccc(/C=C/c2nc3ccc(OCCOCCOCCNCc4cc(C(F)(F)F)cc(C(F)(F)F)c4)cc3o2)cc1. The molecule has 4 rings (SSSR count). The number of halogens is 6. The second-order valence-corrected chi connectivity index (χ2v) is 10.2. The number of fused-ring (bicyclic) bond motifs is 1. The van der Waals surface area contributed by atoms with Crippen molar-refractivity contribution in [2.24, 2.45) is 0 Å².